The first-order valence-corrected chi connectivity index (χ1v) is 10.3. The summed E-state index contributed by atoms with van der Waals surface area (Å²) in [6, 6.07) is 11.4. The van der Waals surface area contributed by atoms with Crippen LogP contribution in [0.4, 0.5) is 10.3 Å². The van der Waals surface area contributed by atoms with E-state index >= 15 is 0 Å². The van der Waals surface area contributed by atoms with Gasteiger partial charge in [0.2, 0.25) is 10.3 Å². The van der Waals surface area contributed by atoms with Gasteiger partial charge in [-0.3, -0.25) is 5.43 Å². The van der Waals surface area contributed by atoms with Gasteiger partial charge in [-0.2, -0.15) is 5.10 Å². The Bertz CT molecular complexity index is 1020. The van der Waals surface area contributed by atoms with Crippen LogP contribution in [-0.2, 0) is 0 Å². The maximum absolute atomic E-state index is 5.21. The molecule has 3 rings (SSSR count). The molecule has 3 aromatic rings. The third-order valence-electron chi connectivity index (χ3n) is 3.46. The lowest BCUT2D eigenvalue weighted by Gasteiger charge is -2.02. The molecule has 28 heavy (non-hydrogen) atoms. The SMILES string of the molecule is COc1ccc(C=NNc2nnc(N=Cc3ccc(OC)c(Br)c3)s2)cc1Br. The molecule has 0 bridgehead atoms. The number of nitrogens with one attached hydrogen (secondary N) is 1. The Morgan fingerprint density at radius 2 is 1.54 bits per heavy atom. The van der Waals surface area contributed by atoms with Gasteiger partial charge in [0.05, 0.1) is 29.4 Å². The summed E-state index contributed by atoms with van der Waals surface area (Å²) in [5.41, 5.74) is 4.68. The second-order valence-electron chi connectivity index (χ2n) is 5.31. The van der Waals surface area contributed by atoms with E-state index in [0.717, 1.165) is 31.6 Å². The maximum atomic E-state index is 5.21. The molecule has 0 aliphatic carbocycles. The van der Waals surface area contributed by atoms with E-state index in [2.05, 4.69) is 57.6 Å². The molecule has 0 spiro atoms. The molecule has 0 fully saturated rings. The summed E-state index contributed by atoms with van der Waals surface area (Å²) < 4.78 is 12.1. The van der Waals surface area contributed by atoms with Gasteiger partial charge in [0, 0.05) is 6.21 Å². The molecule has 0 amide bonds. The Morgan fingerprint density at radius 3 is 2.11 bits per heavy atom. The zero-order valence-corrected chi connectivity index (χ0v) is 18.9. The summed E-state index contributed by atoms with van der Waals surface area (Å²) >= 11 is 8.19. The molecule has 7 nitrogen and oxygen atoms in total. The minimum atomic E-state index is 0.525. The highest BCUT2D eigenvalue weighted by Crippen LogP contribution is 2.27. The zero-order chi connectivity index (χ0) is 19.9. The van der Waals surface area contributed by atoms with Crippen LogP contribution in [-0.4, -0.2) is 36.8 Å². The molecule has 1 heterocycles. The van der Waals surface area contributed by atoms with Gasteiger partial charge in [-0.05, 0) is 79.4 Å². The minimum Gasteiger partial charge on any atom is -0.496 e. The van der Waals surface area contributed by atoms with Crippen LogP contribution < -0.4 is 14.9 Å². The van der Waals surface area contributed by atoms with Crippen molar-refractivity contribution in [1.29, 1.82) is 0 Å². The number of aliphatic imine (C=N–C) groups is 1. The summed E-state index contributed by atoms with van der Waals surface area (Å²) in [6.07, 6.45) is 3.40. The van der Waals surface area contributed by atoms with Crippen LogP contribution >= 0.6 is 43.2 Å². The van der Waals surface area contributed by atoms with Crippen LogP contribution in [0.3, 0.4) is 0 Å². The fraction of sp³-hybridized carbons (Fsp3) is 0.111. The fourth-order valence-electron chi connectivity index (χ4n) is 2.13. The molecule has 1 N–H and O–H groups in total. The van der Waals surface area contributed by atoms with Crippen molar-refractivity contribution in [3.8, 4) is 11.5 Å². The van der Waals surface area contributed by atoms with Crippen molar-refractivity contribution in [1.82, 2.24) is 10.2 Å². The smallest absolute Gasteiger partial charge is 0.233 e. The second-order valence-corrected chi connectivity index (χ2v) is 7.97. The van der Waals surface area contributed by atoms with Crippen LogP contribution in [0.5, 0.6) is 11.5 Å². The second kappa shape index (κ2) is 9.76. The first-order valence-electron chi connectivity index (χ1n) is 7.93. The lowest BCUT2D eigenvalue weighted by Crippen LogP contribution is -1.91. The number of ether oxygens (including phenoxy) is 2. The van der Waals surface area contributed by atoms with Gasteiger partial charge in [-0.1, -0.05) is 11.3 Å². The molecule has 10 heteroatoms. The van der Waals surface area contributed by atoms with Gasteiger partial charge in [-0.25, -0.2) is 4.99 Å². The number of halogens is 2. The number of methoxy groups -OCH3 is 2. The highest BCUT2D eigenvalue weighted by molar-refractivity contribution is 9.10. The summed E-state index contributed by atoms with van der Waals surface area (Å²) in [7, 11) is 3.25. The van der Waals surface area contributed by atoms with Crippen molar-refractivity contribution < 1.29 is 9.47 Å². The average molecular weight is 525 g/mol. The van der Waals surface area contributed by atoms with Crippen molar-refractivity contribution in [3.63, 3.8) is 0 Å². The predicted octanol–water partition coefficient (Wildman–Crippen LogP) is 5.28. The van der Waals surface area contributed by atoms with Crippen molar-refractivity contribution >= 4 is 65.9 Å². The molecule has 0 aliphatic heterocycles. The van der Waals surface area contributed by atoms with E-state index in [1.54, 1.807) is 26.6 Å². The van der Waals surface area contributed by atoms with Crippen molar-refractivity contribution in [3.05, 3.63) is 56.5 Å². The van der Waals surface area contributed by atoms with Gasteiger partial charge in [0.1, 0.15) is 11.5 Å². The van der Waals surface area contributed by atoms with Gasteiger partial charge in [0.15, 0.2) is 0 Å². The predicted molar refractivity (Wildman–Crippen MR) is 120 cm³/mol. The highest BCUT2D eigenvalue weighted by atomic mass is 79.9. The molecule has 0 saturated heterocycles. The summed E-state index contributed by atoms with van der Waals surface area (Å²) in [5, 5.41) is 13.3. The molecule has 0 atom stereocenters. The van der Waals surface area contributed by atoms with E-state index in [4.69, 9.17) is 9.47 Å². The Morgan fingerprint density at radius 1 is 0.929 bits per heavy atom. The Hall–Kier alpha value is -2.30. The van der Waals surface area contributed by atoms with E-state index in [1.165, 1.54) is 11.3 Å². The van der Waals surface area contributed by atoms with E-state index in [0.29, 0.717) is 10.3 Å². The van der Waals surface area contributed by atoms with E-state index in [1.807, 2.05) is 36.4 Å². The molecule has 0 unspecified atom stereocenters. The third-order valence-corrected chi connectivity index (χ3v) is 5.44. The number of hydrazone groups is 1. The molecule has 0 aliphatic rings. The topological polar surface area (TPSA) is 81.0 Å². The summed E-state index contributed by atoms with van der Waals surface area (Å²) in [6.45, 7) is 0. The van der Waals surface area contributed by atoms with Crippen molar-refractivity contribution in [2.24, 2.45) is 10.1 Å². The number of hydrogen-bond acceptors (Lipinski definition) is 8. The molecule has 0 radical (unpaired) electrons. The van der Waals surface area contributed by atoms with Gasteiger partial charge in [-0.15, -0.1) is 10.2 Å². The van der Waals surface area contributed by atoms with Crippen LogP contribution in [0.1, 0.15) is 11.1 Å². The number of hydrogen-bond donors (Lipinski definition) is 1. The lowest BCUT2D eigenvalue weighted by molar-refractivity contribution is 0.412. The summed E-state index contributed by atoms with van der Waals surface area (Å²) in [5.74, 6) is 1.53. The van der Waals surface area contributed by atoms with Crippen LogP contribution in [0, 0.1) is 0 Å². The number of benzene rings is 2. The van der Waals surface area contributed by atoms with E-state index in [9.17, 15) is 0 Å². The Balaban J connectivity index is 1.61. The number of aromatic nitrogens is 2. The molecule has 2 aromatic carbocycles. The molecule has 1 aromatic heterocycles. The van der Waals surface area contributed by atoms with Crippen LogP contribution in [0.15, 0.2) is 55.4 Å². The number of nitrogens with zero attached hydrogens (tertiary/aromatic N) is 4. The van der Waals surface area contributed by atoms with E-state index < -0.39 is 0 Å². The Labute approximate surface area is 182 Å². The lowest BCUT2D eigenvalue weighted by atomic mass is 10.2. The van der Waals surface area contributed by atoms with Crippen LogP contribution in [0.2, 0.25) is 0 Å². The molecular weight excluding hydrogens is 510 g/mol. The first-order chi connectivity index (χ1) is 13.6. The standard InChI is InChI=1S/C18H15Br2N5O2S/c1-26-15-5-3-11(7-13(15)19)9-21-17-24-25-18(28-17)23-22-10-12-4-6-16(27-2)14(20)8-12/h3-10H,1-2H3,(H,23,25). The number of anilines is 1. The molecular formula is C18H15Br2N5O2S. The number of rotatable bonds is 7. The highest BCUT2D eigenvalue weighted by Gasteiger charge is 2.03. The fourth-order valence-corrected chi connectivity index (χ4v) is 3.79. The van der Waals surface area contributed by atoms with E-state index in [-0.39, 0.29) is 0 Å². The first kappa shape index (κ1) is 20.4. The quantitative estimate of drug-likeness (QED) is 0.336. The van der Waals surface area contributed by atoms with Gasteiger partial charge >= 0.3 is 0 Å². The summed E-state index contributed by atoms with van der Waals surface area (Å²) in [4.78, 5) is 4.34. The van der Waals surface area contributed by atoms with Crippen molar-refractivity contribution in [2.75, 3.05) is 19.6 Å². The average Bonchev–Trinajstić information content (AvgIpc) is 3.14. The monoisotopic (exact) mass is 523 g/mol. The van der Waals surface area contributed by atoms with Crippen LogP contribution in [0.25, 0.3) is 0 Å². The van der Waals surface area contributed by atoms with Gasteiger partial charge < -0.3 is 9.47 Å². The Kier molecular flexibility index (Phi) is 7.12. The normalized spacial score (nSPS) is 11.3. The molecule has 0 saturated carbocycles. The maximum Gasteiger partial charge on any atom is 0.233 e. The largest absolute Gasteiger partial charge is 0.496 e. The zero-order valence-electron chi connectivity index (χ0n) is 14.9. The molecule has 144 valence electrons. The minimum absolute atomic E-state index is 0.525. The van der Waals surface area contributed by atoms with Crippen molar-refractivity contribution in [2.45, 2.75) is 0 Å². The van der Waals surface area contributed by atoms with Gasteiger partial charge in [0.25, 0.3) is 0 Å². The third kappa shape index (κ3) is 5.37.